The molecule has 0 unspecified atom stereocenters. The summed E-state index contributed by atoms with van der Waals surface area (Å²) in [6.45, 7) is 0. The van der Waals surface area contributed by atoms with Crippen molar-refractivity contribution in [1.82, 2.24) is 0 Å². The molecule has 0 aliphatic carbocycles. The molecule has 0 radical (unpaired) electrons. The van der Waals surface area contributed by atoms with Gasteiger partial charge in [-0.05, 0) is 30.5 Å². The van der Waals surface area contributed by atoms with Crippen molar-refractivity contribution < 1.29 is 14.7 Å². The first-order valence-electron chi connectivity index (χ1n) is 5.21. The maximum absolute atomic E-state index is 10.9. The van der Waals surface area contributed by atoms with Crippen molar-refractivity contribution in [1.29, 1.82) is 0 Å². The third-order valence-electron chi connectivity index (χ3n) is 2.32. The molecule has 1 N–H and O–H groups in total. The van der Waals surface area contributed by atoms with Crippen LogP contribution in [-0.2, 0) is 9.53 Å². The van der Waals surface area contributed by atoms with Crippen molar-refractivity contribution in [3.8, 4) is 0 Å². The number of benzene rings is 1. The van der Waals surface area contributed by atoms with E-state index >= 15 is 0 Å². The maximum Gasteiger partial charge on any atom is 0.305 e. The highest BCUT2D eigenvalue weighted by Crippen LogP contribution is 2.13. The zero-order valence-corrected chi connectivity index (χ0v) is 11.1. The van der Waals surface area contributed by atoms with Crippen LogP contribution in [0.5, 0.6) is 0 Å². The molecule has 17 heavy (non-hydrogen) atoms. The lowest BCUT2D eigenvalue weighted by atomic mass is 10.0. The molecule has 92 valence electrons. The minimum absolute atomic E-state index is 0.252. The number of ether oxygens (including phenoxy) is 1. The normalized spacial score (nSPS) is 11.3. The van der Waals surface area contributed by atoms with E-state index in [1.807, 2.05) is 24.3 Å². The summed E-state index contributed by atoms with van der Waals surface area (Å²) < 4.78 is 5.51. The van der Waals surface area contributed by atoms with Crippen LogP contribution in [0.25, 0.3) is 0 Å². The third-order valence-corrected chi connectivity index (χ3v) is 2.85. The van der Waals surface area contributed by atoms with Crippen molar-refractivity contribution >= 4 is 27.6 Å². The van der Waals surface area contributed by atoms with Gasteiger partial charge >= 0.3 is 5.97 Å². The molecule has 0 aliphatic rings. The fraction of sp³-hybridized carbons (Fsp3) is 0.333. The molecule has 0 atom stereocenters. The SMILES string of the molecule is COC(=O)CCCC(=NO)c1ccc(Br)cc1. The van der Waals surface area contributed by atoms with Gasteiger partial charge in [0, 0.05) is 10.9 Å². The number of nitrogens with zero attached hydrogens (tertiary/aromatic N) is 1. The molecule has 5 heteroatoms. The molecule has 0 spiro atoms. The molecule has 4 nitrogen and oxygen atoms in total. The van der Waals surface area contributed by atoms with E-state index in [4.69, 9.17) is 5.21 Å². The zero-order valence-electron chi connectivity index (χ0n) is 9.52. The Morgan fingerprint density at radius 1 is 1.35 bits per heavy atom. The molecule has 0 aromatic heterocycles. The summed E-state index contributed by atoms with van der Waals surface area (Å²) in [5.41, 5.74) is 1.42. The molecule has 0 saturated heterocycles. The van der Waals surface area contributed by atoms with E-state index < -0.39 is 0 Å². The Labute approximate surface area is 108 Å². The predicted molar refractivity (Wildman–Crippen MR) is 68.3 cm³/mol. The van der Waals surface area contributed by atoms with Gasteiger partial charge in [0.1, 0.15) is 0 Å². The molecule has 0 saturated carbocycles. The van der Waals surface area contributed by atoms with Crippen molar-refractivity contribution in [2.24, 2.45) is 5.16 Å². The molecular weight excluding hydrogens is 286 g/mol. The number of halogens is 1. The maximum atomic E-state index is 10.9. The largest absolute Gasteiger partial charge is 0.469 e. The van der Waals surface area contributed by atoms with E-state index in [0.717, 1.165) is 10.0 Å². The number of esters is 1. The van der Waals surface area contributed by atoms with E-state index in [1.54, 1.807) is 0 Å². The van der Waals surface area contributed by atoms with Crippen LogP contribution in [0.3, 0.4) is 0 Å². The van der Waals surface area contributed by atoms with Gasteiger partial charge in [0.05, 0.1) is 12.8 Å². The Balaban J connectivity index is 2.55. The Morgan fingerprint density at radius 2 is 2.00 bits per heavy atom. The van der Waals surface area contributed by atoms with Crippen LogP contribution in [0.15, 0.2) is 33.9 Å². The number of oxime groups is 1. The van der Waals surface area contributed by atoms with Gasteiger partial charge in [-0.15, -0.1) is 0 Å². The van der Waals surface area contributed by atoms with Gasteiger partial charge in [-0.3, -0.25) is 4.79 Å². The van der Waals surface area contributed by atoms with Crippen molar-refractivity contribution in [3.63, 3.8) is 0 Å². The lowest BCUT2D eigenvalue weighted by molar-refractivity contribution is -0.140. The highest BCUT2D eigenvalue weighted by Gasteiger charge is 2.06. The highest BCUT2D eigenvalue weighted by molar-refractivity contribution is 9.10. The summed E-state index contributed by atoms with van der Waals surface area (Å²) in [6, 6.07) is 7.47. The van der Waals surface area contributed by atoms with Crippen LogP contribution in [0.2, 0.25) is 0 Å². The molecule has 1 rings (SSSR count). The van der Waals surface area contributed by atoms with Gasteiger partial charge in [-0.1, -0.05) is 33.2 Å². The summed E-state index contributed by atoms with van der Waals surface area (Å²) in [7, 11) is 1.36. The Bertz CT molecular complexity index is 401. The average Bonchev–Trinajstić information content (AvgIpc) is 2.35. The summed E-state index contributed by atoms with van der Waals surface area (Å²) in [5.74, 6) is -0.252. The van der Waals surface area contributed by atoms with Crippen LogP contribution < -0.4 is 0 Å². The lowest BCUT2D eigenvalue weighted by Gasteiger charge is -2.04. The fourth-order valence-corrected chi connectivity index (χ4v) is 1.66. The first kappa shape index (κ1) is 13.7. The second-order valence-electron chi connectivity index (χ2n) is 3.48. The van der Waals surface area contributed by atoms with Crippen molar-refractivity contribution in [2.45, 2.75) is 19.3 Å². The van der Waals surface area contributed by atoms with E-state index in [-0.39, 0.29) is 5.97 Å². The van der Waals surface area contributed by atoms with Gasteiger partial charge in [0.2, 0.25) is 0 Å². The molecule has 0 bridgehead atoms. The minimum atomic E-state index is -0.252. The monoisotopic (exact) mass is 299 g/mol. The molecule has 0 amide bonds. The van der Waals surface area contributed by atoms with Crippen LogP contribution >= 0.6 is 15.9 Å². The van der Waals surface area contributed by atoms with E-state index in [1.165, 1.54) is 7.11 Å². The van der Waals surface area contributed by atoms with Crippen LogP contribution in [0, 0.1) is 0 Å². The van der Waals surface area contributed by atoms with E-state index in [2.05, 4.69) is 25.8 Å². The Kier molecular flexibility index (Phi) is 5.69. The van der Waals surface area contributed by atoms with Gasteiger partial charge < -0.3 is 9.94 Å². The molecule has 0 aliphatic heterocycles. The fourth-order valence-electron chi connectivity index (χ4n) is 1.40. The second-order valence-corrected chi connectivity index (χ2v) is 4.40. The summed E-state index contributed by atoms with van der Waals surface area (Å²) in [4.78, 5) is 10.9. The number of rotatable bonds is 5. The van der Waals surface area contributed by atoms with Crippen molar-refractivity contribution in [2.75, 3.05) is 7.11 Å². The van der Waals surface area contributed by atoms with Gasteiger partial charge in [-0.25, -0.2) is 0 Å². The first-order valence-corrected chi connectivity index (χ1v) is 6.00. The average molecular weight is 300 g/mol. The quantitative estimate of drug-likeness (QED) is 0.393. The summed E-state index contributed by atoms with van der Waals surface area (Å²) in [6.07, 6.45) is 1.46. The highest BCUT2D eigenvalue weighted by atomic mass is 79.9. The number of carbonyl (C=O) groups excluding carboxylic acids is 1. The molecule has 0 heterocycles. The number of methoxy groups -OCH3 is 1. The standard InChI is InChI=1S/C12H14BrNO3/c1-17-12(15)4-2-3-11(14-16)9-5-7-10(13)8-6-9/h5-8,16H,2-4H2,1H3. The van der Waals surface area contributed by atoms with Crippen LogP contribution in [-0.4, -0.2) is 24.0 Å². The van der Waals surface area contributed by atoms with Gasteiger partial charge in [0.15, 0.2) is 0 Å². The first-order chi connectivity index (χ1) is 8.17. The molecule has 1 aromatic carbocycles. The summed E-state index contributed by atoms with van der Waals surface area (Å²) >= 11 is 3.33. The van der Waals surface area contributed by atoms with Crippen LogP contribution in [0.4, 0.5) is 0 Å². The smallest absolute Gasteiger partial charge is 0.305 e. The molecule has 0 fully saturated rings. The topological polar surface area (TPSA) is 58.9 Å². The number of hydrogen-bond acceptors (Lipinski definition) is 4. The minimum Gasteiger partial charge on any atom is -0.469 e. The van der Waals surface area contributed by atoms with Gasteiger partial charge in [-0.2, -0.15) is 0 Å². The van der Waals surface area contributed by atoms with E-state index in [0.29, 0.717) is 25.0 Å². The second kappa shape index (κ2) is 7.06. The van der Waals surface area contributed by atoms with E-state index in [9.17, 15) is 4.79 Å². The predicted octanol–water partition coefficient (Wildman–Crippen LogP) is 2.97. The summed E-state index contributed by atoms with van der Waals surface area (Å²) in [5, 5.41) is 12.2. The van der Waals surface area contributed by atoms with Crippen molar-refractivity contribution in [3.05, 3.63) is 34.3 Å². The Hall–Kier alpha value is -1.36. The molecule has 1 aromatic rings. The zero-order chi connectivity index (χ0) is 12.7. The number of hydrogen-bond donors (Lipinski definition) is 1. The third kappa shape index (κ3) is 4.56. The number of carbonyl (C=O) groups is 1. The molecular formula is C12H14BrNO3. The van der Waals surface area contributed by atoms with Crippen LogP contribution in [0.1, 0.15) is 24.8 Å². The lowest BCUT2D eigenvalue weighted by Crippen LogP contribution is -2.04. The Morgan fingerprint density at radius 3 is 2.53 bits per heavy atom. The van der Waals surface area contributed by atoms with Gasteiger partial charge in [0.25, 0.3) is 0 Å².